The highest BCUT2D eigenvalue weighted by molar-refractivity contribution is 7.16. The quantitative estimate of drug-likeness (QED) is 0.677. The van der Waals surface area contributed by atoms with Gasteiger partial charge in [-0.1, -0.05) is 6.07 Å². The van der Waals surface area contributed by atoms with Crippen molar-refractivity contribution in [2.75, 3.05) is 32.8 Å². The first-order valence-electron chi connectivity index (χ1n) is 8.77. The van der Waals surface area contributed by atoms with Gasteiger partial charge in [0.25, 0.3) is 5.56 Å². The molecular formula is C18H20N4O3S2. The average molecular weight is 405 g/mol. The number of hydrogen-bond acceptors (Lipinski definition) is 7. The summed E-state index contributed by atoms with van der Waals surface area (Å²) in [4.78, 5) is 33.4. The van der Waals surface area contributed by atoms with Gasteiger partial charge in [-0.15, -0.1) is 22.7 Å². The van der Waals surface area contributed by atoms with Crippen LogP contribution in [0.3, 0.4) is 0 Å². The molecule has 0 bridgehead atoms. The van der Waals surface area contributed by atoms with Crippen LogP contribution in [0.4, 0.5) is 0 Å². The van der Waals surface area contributed by atoms with E-state index in [0.29, 0.717) is 30.0 Å². The molecule has 0 aromatic carbocycles. The summed E-state index contributed by atoms with van der Waals surface area (Å²) in [6.45, 7) is 3.57. The van der Waals surface area contributed by atoms with E-state index in [1.165, 1.54) is 27.1 Å². The summed E-state index contributed by atoms with van der Waals surface area (Å²) in [7, 11) is 0. The number of carbonyl (C=O) groups excluding carboxylic acids is 1. The summed E-state index contributed by atoms with van der Waals surface area (Å²) >= 11 is 3.11. The Kier molecular flexibility index (Phi) is 5.63. The van der Waals surface area contributed by atoms with Crippen molar-refractivity contribution in [3.05, 3.63) is 50.5 Å². The third-order valence-electron chi connectivity index (χ3n) is 4.62. The Hall–Kier alpha value is -2.07. The molecule has 1 N–H and O–H groups in total. The Morgan fingerprint density at radius 1 is 1.26 bits per heavy atom. The van der Waals surface area contributed by atoms with Gasteiger partial charge >= 0.3 is 0 Å². The number of thiophene rings is 2. The molecule has 1 fully saturated rings. The molecule has 1 aliphatic heterocycles. The van der Waals surface area contributed by atoms with Gasteiger partial charge in [0.1, 0.15) is 11.4 Å². The zero-order valence-corrected chi connectivity index (χ0v) is 16.3. The number of nitrogens with zero attached hydrogens (tertiary/aromatic N) is 3. The zero-order chi connectivity index (χ0) is 18.6. The van der Waals surface area contributed by atoms with Crippen molar-refractivity contribution < 1.29 is 9.53 Å². The number of carbonyl (C=O) groups is 1. The summed E-state index contributed by atoms with van der Waals surface area (Å²) in [6.07, 6.45) is 1.44. The number of fused-ring (bicyclic) bond motifs is 1. The monoisotopic (exact) mass is 404 g/mol. The highest BCUT2D eigenvalue weighted by Crippen LogP contribution is 2.25. The smallest absolute Gasteiger partial charge is 0.262 e. The summed E-state index contributed by atoms with van der Waals surface area (Å²) in [5.74, 6) is -0.191. The van der Waals surface area contributed by atoms with E-state index in [4.69, 9.17) is 4.74 Å². The van der Waals surface area contributed by atoms with Gasteiger partial charge in [-0.05, 0) is 22.9 Å². The summed E-state index contributed by atoms with van der Waals surface area (Å²) in [5.41, 5.74) is -0.181. The van der Waals surface area contributed by atoms with Crippen molar-refractivity contribution in [2.45, 2.75) is 12.6 Å². The van der Waals surface area contributed by atoms with Gasteiger partial charge < -0.3 is 10.1 Å². The number of amides is 1. The molecule has 9 heteroatoms. The number of morpholine rings is 1. The van der Waals surface area contributed by atoms with E-state index in [-0.39, 0.29) is 24.1 Å². The molecule has 1 aliphatic rings. The molecule has 1 atom stereocenters. The normalized spacial score (nSPS) is 16.4. The number of ether oxygens (including phenoxy) is 1. The Balaban J connectivity index is 1.43. The third-order valence-corrected chi connectivity index (χ3v) is 6.41. The van der Waals surface area contributed by atoms with Crippen LogP contribution in [0.25, 0.3) is 10.2 Å². The second-order valence-corrected chi connectivity index (χ2v) is 8.17. The third kappa shape index (κ3) is 4.11. The number of aromatic nitrogens is 2. The van der Waals surface area contributed by atoms with Crippen molar-refractivity contribution in [1.82, 2.24) is 19.8 Å². The van der Waals surface area contributed by atoms with Crippen LogP contribution in [0.2, 0.25) is 0 Å². The Bertz CT molecular complexity index is 961. The minimum atomic E-state index is -0.191. The predicted octanol–water partition coefficient (Wildman–Crippen LogP) is 1.71. The lowest BCUT2D eigenvalue weighted by Crippen LogP contribution is -2.44. The molecular weight excluding hydrogens is 384 g/mol. The molecule has 0 radical (unpaired) electrons. The predicted molar refractivity (Wildman–Crippen MR) is 106 cm³/mol. The maximum atomic E-state index is 12.5. The van der Waals surface area contributed by atoms with Gasteiger partial charge in [0.2, 0.25) is 5.91 Å². The van der Waals surface area contributed by atoms with Gasteiger partial charge in [0, 0.05) is 24.5 Å². The first-order valence-corrected chi connectivity index (χ1v) is 10.5. The molecule has 1 saturated heterocycles. The van der Waals surface area contributed by atoms with Crippen molar-refractivity contribution >= 4 is 38.8 Å². The fourth-order valence-corrected chi connectivity index (χ4v) is 4.79. The Labute approximate surface area is 164 Å². The molecule has 4 rings (SSSR count). The fraction of sp³-hybridized carbons (Fsp3) is 0.389. The molecule has 3 aromatic heterocycles. The van der Waals surface area contributed by atoms with Crippen LogP contribution in [0, 0.1) is 0 Å². The van der Waals surface area contributed by atoms with E-state index in [0.717, 1.165) is 13.1 Å². The van der Waals surface area contributed by atoms with E-state index < -0.39 is 0 Å². The van der Waals surface area contributed by atoms with Crippen LogP contribution in [0.15, 0.2) is 40.1 Å². The summed E-state index contributed by atoms with van der Waals surface area (Å²) < 4.78 is 6.80. The first kappa shape index (κ1) is 18.3. The number of rotatable bonds is 6. The molecule has 1 amide bonds. The second-order valence-electron chi connectivity index (χ2n) is 6.30. The van der Waals surface area contributed by atoms with E-state index in [1.807, 2.05) is 16.8 Å². The summed E-state index contributed by atoms with van der Waals surface area (Å²) in [6, 6.07) is 5.98. The molecule has 0 aliphatic carbocycles. The van der Waals surface area contributed by atoms with E-state index in [2.05, 4.69) is 21.3 Å². The standard InChI is InChI=1S/C18H20N4O3S2/c23-16(11-22-12-20-17-13(18(22)24)3-9-27-17)19-10-14(15-2-1-8-26-15)21-4-6-25-7-5-21/h1-3,8-9,12,14H,4-7,10-11H2,(H,19,23). The highest BCUT2D eigenvalue weighted by atomic mass is 32.1. The molecule has 3 aromatic rings. The van der Waals surface area contributed by atoms with Crippen LogP contribution in [-0.4, -0.2) is 53.2 Å². The Morgan fingerprint density at radius 2 is 2.11 bits per heavy atom. The van der Waals surface area contributed by atoms with Crippen LogP contribution < -0.4 is 10.9 Å². The Morgan fingerprint density at radius 3 is 2.89 bits per heavy atom. The lowest BCUT2D eigenvalue weighted by Gasteiger charge is -2.34. The highest BCUT2D eigenvalue weighted by Gasteiger charge is 2.24. The fourth-order valence-electron chi connectivity index (χ4n) is 3.21. The van der Waals surface area contributed by atoms with Gasteiger partial charge in [0.15, 0.2) is 0 Å². The van der Waals surface area contributed by atoms with Crippen molar-refractivity contribution in [1.29, 1.82) is 0 Å². The maximum absolute atomic E-state index is 12.5. The molecule has 142 valence electrons. The van der Waals surface area contributed by atoms with Crippen molar-refractivity contribution in [2.24, 2.45) is 0 Å². The molecule has 0 saturated carbocycles. The van der Waals surface area contributed by atoms with Gasteiger partial charge in [-0.3, -0.25) is 19.1 Å². The topological polar surface area (TPSA) is 76.5 Å². The SMILES string of the molecule is O=C(Cn1cnc2sccc2c1=O)NCC(c1cccs1)N1CCOCC1. The van der Waals surface area contributed by atoms with Gasteiger partial charge in [-0.25, -0.2) is 4.98 Å². The van der Waals surface area contributed by atoms with E-state index in [1.54, 1.807) is 17.4 Å². The average Bonchev–Trinajstić information content (AvgIpc) is 3.37. The lowest BCUT2D eigenvalue weighted by atomic mass is 10.2. The minimum Gasteiger partial charge on any atom is -0.379 e. The largest absolute Gasteiger partial charge is 0.379 e. The minimum absolute atomic E-state index is 0.0299. The molecule has 7 nitrogen and oxygen atoms in total. The van der Waals surface area contributed by atoms with Gasteiger partial charge in [-0.2, -0.15) is 0 Å². The molecule has 1 unspecified atom stereocenters. The van der Waals surface area contributed by atoms with Crippen molar-refractivity contribution in [3.8, 4) is 0 Å². The number of hydrogen-bond donors (Lipinski definition) is 1. The van der Waals surface area contributed by atoms with Crippen LogP contribution in [0.1, 0.15) is 10.9 Å². The molecule has 0 spiro atoms. The molecule has 27 heavy (non-hydrogen) atoms. The van der Waals surface area contributed by atoms with Crippen molar-refractivity contribution in [3.63, 3.8) is 0 Å². The first-order chi connectivity index (χ1) is 13.2. The van der Waals surface area contributed by atoms with E-state index in [9.17, 15) is 9.59 Å². The lowest BCUT2D eigenvalue weighted by molar-refractivity contribution is -0.122. The maximum Gasteiger partial charge on any atom is 0.262 e. The molecule has 4 heterocycles. The van der Waals surface area contributed by atoms with Crippen LogP contribution in [-0.2, 0) is 16.1 Å². The van der Waals surface area contributed by atoms with Crippen LogP contribution >= 0.6 is 22.7 Å². The van der Waals surface area contributed by atoms with Crippen LogP contribution in [0.5, 0.6) is 0 Å². The van der Waals surface area contributed by atoms with E-state index >= 15 is 0 Å². The van der Waals surface area contributed by atoms with Gasteiger partial charge in [0.05, 0.1) is 31.0 Å². The second kappa shape index (κ2) is 8.30. The summed E-state index contributed by atoms with van der Waals surface area (Å²) in [5, 5.41) is 7.42. The zero-order valence-electron chi connectivity index (χ0n) is 14.7. The number of nitrogens with one attached hydrogen (secondary N) is 1.